The number of fused-ring (bicyclic) bond motifs is 3. The normalized spacial score (nSPS) is 11.7. The van der Waals surface area contributed by atoms with E-state index in [2.05, 4.69) is 170 Å². The van der Waals surface area contributed by atoms with Crippen molar-refractivity contribution in [3.8, 4) is 62.1 Å². The number of ether oxygens (including phenoxy) is 1. The molecule has 0 aliphatic heterocycles. The molecule has 0 aliphatic rings. The minimum Gasteiger partial charge on any atom is -0.508 e. The molecule has 0 atom stereocenters. The van der Waals surface area contributed by atoms with E-state index in [-0.39, 0.29) is 11.2 Å². The lowest BCUT2D eigenvalue weighted by Gasteiger charge is -2.22. The van der Waals surface area contributed by atoms with E-state index < -0.39 is 0 Å². The van der Waals surface area contributed by atoms with Gasteiger partial charge in [0.05, 0.1) is 28.1 Å². The maximum Gasteiger partial charge on any atom is 0.141 e. The molecule has 0 saturated heterocycles. The summed E-state index contributed by atoms with van der Waals surface area (Å²) < 4.78 is 11.1. The van der Waals surface area contributed by atoms with Crippen molar-refractivity contribution in [3.63, 3.8) is 0 Å². The first-order chi connectivity index (χ1) is 28.2. The summed E-state index contributed by atoms with van der Waals surface area (Å²) in [6.07, 6.45) is 3.18. The number of pyridine rings is 1. The second-order valence-corrected chi connectivity index (χ2v) is 15.8. The average molecular weight is 759 g/mol. The average Bonchev–Trinajstić information content (AvgIpc) is 3.79. The zero-order valence-electron chi connectivity index (χ0n) is 33.6. The Morgan fingerprint density at radius 2 is 1.28 bits per heavy atom. The molecule has 0 saturated carbocycles. The summed E-state index contributed by atoms with van der Waals surface area (Å²) in [5, 5.41) is 18.0. The Bertz CT molecular complexity index is 2880. The summed E-state index contributed by atoms with van der Waals surface area (Å²) in [7, 11) is 0. The number of para-hydroxylation sites is 1. The first-order valence-corrected chi connectivity index (χ1v) is 20.1. The van der Waals surface area contributed by atoms with Crippen molar-refractivity contribution in [3.05, 3.63) is 175 Å². The van der Waals surface area contributed by atoms with E-state index in [9.17, 15) is 5.11 Å². The lowest BCUT2D eigenvalue weighted by atomic mass is 9.85. The van der Waals surface area contributed by atoms with E-state index >= 15 is 0 Å². The molecule has 3 heterocycles. The van der Waals surface area contributed by atoms with Gasteiger partial charge >= 0.3 is 0 Å². The first-order valence-electron chi connectivity index (χ1n) is 20.1. The van der Waals surface area contributed by atoms with Gasteiger partial charge in [0.2, 0.25) is 0 Å². The summed E-state index contributed by atoms with van der Waals surface area (Å²) >= 11 is 0. The summed E-state index contributed by atoms with van der Waals surface area (Å²) in [5.41, 5.74) is 13.2. The molecule has 3 aromatic heterocycles. The highest BCUT2D eigenvalue weighted by atomic mass is 16.5. The van der Waals surface area contributed by atoms with Crippen LogP contribution in [0.3, 0.4) is 0 Å². The molecule has 286 valence electrons. The van der Waals surface area contributed by atoms with Gasteiger partial charge in [0.25, 0.3) is 0 Å². The Labute approximate surface area is 339 Å². The monoisotopic (exact) mass is 758 g/mol. The van der Waals surface area contributed by atoms with Gasteiger partial charge < -0.3 is 9.84 Å². The maximum absolute atomic E-state index is 10.4. The van der Waals surface area contributed by atoms with Gasteiger partial charge in [-0.1, -0.05) is 132 Å². The van der Waals surface area contributed by atoms with Crippen molar-refractivity contribution < 1.29 is 9.84 Å². The number of nitrogens with zero attached hydrogens (tertiary/aromatic N) is 4. The molecule has 1 N–H and O–H groups in total. The van der Waals surface area contributed by atoms with E-state index in [1.165, 1.54) is 33.4 Å². The van der Waals surface area contributed by atoms with Crippen molar-refractivity contribution in [1.29, 1.82) is 0 Å². The molecule has 9 rings (SSSR count). The third-order valence-electron chi connectivity index (χ3n) is 11.0. The summed E-state index contributed by atoms with van der Waals surface area (Å²) in [6.45, 7) is 11.1. The van der Waals surface area contributed by atoms with Crippen LogP contribution < -0.4 is 4.74 Å². The van der Waals surface area contributed by atoms with Crippen LogP contribution in [0.5, 0.6) is 17.2 Å². The Hall–Kier alpha value is -6.92. The van der Waals surface area contributed by atoms with E-state index in [4.69, 9.17) is 9.84 Å². The summed E-state index contributed by atoms with van der Waals surface area (Å²) in [6, 6.07) is 52.3. The Morgan fingerprint density at radius 1 is 0.603 bits per heavy atom. The number of aromatic hydroxyl groups is 1. The highest BCUT2D eigenvalue weighted by Crippen LogP contribution is 2.44. The van der Waals surface area contributed by atoms with Crippen LogP contribution in [-0.4, -0.2) is 24.4 Å². The fourth-order valence-corrected chi connectivity index (χ4v) is 8.24. The zero-order chi connectivity index (χ0) is 40.0. The van der Waals surface area contributed by atoms with Crippen molar-refractivity contribution in [2.75, 3.05) is 0 Å². The molecule has 0 amide bonds. The topological polar surface area (TPSA) is 65.1 Å². The van der Waals surface area contributed by atoms with E-state index in [0.717, 1.165) is 63.0 Å². The highest BCUT2D eigenvalue weighted by Gasteiger charge is 2.26. The molecule has 0 radical (unpaired) electrons. The van der Waals surface area contributed by atoms with Crippen LogP contribution in [0.15, 0.2) is 158 Å². The maximum atomic E-state index is 10.4. The van der Waals surface area contributed by atoms with Crippen molar-refractivity contribution in [2.45, 2.75) is 52.9 Å². The quantitative estimate of drug-likeness (QED) is 0.159. The van der Waals surface area contributed by atoms with E-state index in [0.29, 0.717) is 11.6 Å². The van der Waals surface area contributed by atoms with Gasteiger partial charge in [-0.3, -0.25) is 4.57 Å². The number of hydrogen-bond donors (Lipinski definition) is 1. The molecule has 0 fully saturated rings. The minimum atomic E-state index is -0.165. The molecule has 9 aromatic rings. The lowest BCUT2D eigenvalue weighted by Crippen LogP contribution is -2.13. The number of aryl methyl sites for hydroxylation is 1. The first kappa shape index (κ1) is 36.7. The van der Waals surface area contributed by atoms with Gasteiger partial charge in [0.15, 0.2) is 0 Å². The van der Waals surface area contributed by atoms with Gasteiger partial charge in [0, 0.05) is 46.3 Å². The molecule has 0 bridgehead atoms. The summed E-state index contributed by atoms with van der Waals surface area (Å²) in [4.78, 5) is 4.63. The van der Waals surface area contributed by atoms with Crippen LogP contribution in [0, 0.1) is 0 Å². The van der Waals surface area contributed by atoms with Gasteiger partial charge in [-0.25, -0.2) is 9.67 Å². The predicted molar refractivity (Wildman–Crippen MR) is 238 cm³/mol. The number of aromatic nitrogens is 4. The van der Waals surface area contributed by atoms with Gasteiger partial charge in [-0.2, -0.15) is 5.10 Å². The van der Waals surface area contributed by atoms with E-state index in [1.807, 2.05) is 18.2 Å². The third-order valence-corrected chi connectivity index (χ3v) is 11.0. The molecule has 0 spiro atoms. The zero-order valence-corrected chi connectivity index (χ0v) is 33.6. The van der Waals surface area contributed by atoms with Crippen LogP contribution in [0.1, 0.15) is 51.6 Å². The third kappa shape index (κ3) is 6.60. The van der Waals surface area contributed by atoms with Crippen LogP contribution in [0.4, 0.5) is 0 Å². The fraction of sp³-hybridized carbons (Fsp3) is 0.154. The fourth-order valence-electron chi connectivity index (χ4n) is 8.24. The van der Waals surface area contributed by atoms with Crippen LogP contribution in [-0.2, 0) is 18.3 Å². The smallest absolute Gasteiger partial charge is 0.141 e. The second-order valence-electron chi connectivity index (χ2n) is 15.8. The molecule has 6 heteroatoms. The van der Waals surface area contributed by atoms with Crippen LogP contribution >= 0.6 is 0 Å². The Morgan fingerprint density at radius 3 is 1.93 bits per heavy atom. The van der Waals surface area contributed by atoms with Crippen LogP contribution in [0.25, 0.3) is 66.7 Å². The van der Waals surface area contributed by atoms with Gasteiger partial charge in [-0.05, 0) is 82.5 Å². The predicted octanol–water partition coefficient (Wildman–Crippen LogP) is 13.3. The van der Waals surface area contributed by atoms with Gasteiger partial charge in [-0.15, -0.1) is 0 Å². The molecular formula is C52H46N4O2. The van der Waals surface area contributed by atoms with Gasteiger partial charge in [0.1, 0.15) is 23.1 Å². The Kier molecular flexibility index (Phi) is 9.41. The second kappa shape index (κ2) is 14.9. The molecule has 6 nitrogen and oxygen atoms in total. The highest BCUT2D eigenvalue weighted by molar-refractivity contribution is 6.09. The molecule has 0 unspecified atom stereocenters. The minimum absolute atomic E-state index is 0.161. The lowest BCUT2D eigenvalue weighted by molar-refractivity contribution is 0.474. The van der Waals surface area contributed by atoms with Crippen molar-refractivity contribution in [2.24, 2.45) is 0 Å². The Balaban J connectivity index is 1.22. The largest absolute Gasteiger partial charge is 0.508 e. The molecular weight excluding hydrogens is 713 g/mol. The molecule has 6 aromatic carbocycles. The number of hydrogen-bond acceptors (Lipinski definition) is 4. The SMILES string of the molecule is CCc1nn(-c2cc(Oc3ccc4c5ccccc5n(-c5cc(O)ccn5)c4c3)cc(C(C)(C)C)c2)c(CC)c1-c1c(-c2ccccc2)cccc1-c1ccccc1. The van der Waals surface area contributed by atoms with E-state index in [1.54, 1.807) is 18.3 Å². The molecule has 58 heavy (non-hydrogen) atoms. The number of rotatable bonds is 9. The standard InChI is InChI=1S/C52H46N4O2/c1-6-45-51(50-41(34-17-10-8-11-18-34)22-16-23-42(50)35-19-12-9-13-20-35)46(7-2)56(54-45)37-29-36(52(3,4)5)30-40(31-37)58-39-25-26-44-43-21-14-15-24-47(43)55(48(44)33-39)49-32-38(57)27-28-53-49/h8-33H,6-7H2,1-5H3,(H,53,57). The summed E-state index contributed by atoms with van der Waals surface area (Å²) in [5.74, 6) is 2.22. The number of benzene rings is 6. The van der Waals surface area contributed by atoms with Crippen molar-refractivity contribution in [1.82, 2.24) is 19.3 Å². The molecule has 0 aliphatic carbocycles. The van der Waals surface area contributed by atoms with Crippen molar-refractivity contribution >= 4 is 21.8 Å². The van der Waals surface area contributed by atoms with Crippen LogP contribution in [0.2, 0.25) is 0 Å².